The fourth-order valence-electron chi connectivity index (χ4n) is 3.95. The summed E-state index contributed by atoms with van der Waals surface area (Å²) < 4.78 is 34.1. The molecule has 202 valence electrons. The Hall–Kier alpha value is -3.85. The number of ether oxygens (including phenoxy) is 1. The van der Waals surface area contributed by atoms with Crippen LogP contribution < -0.4 is 14.4 Å². The molecule has 0 heterocycles. The number of para-hydroxylation sites is 2. The molecule has 1 N–H and O–H groups in total. The molecule has 0 aromatic heterocycles. The molecule has 0 spiro atoms. The van der Waals surface area contributed by atoms with Gasteiger partial charge in [-0.3, -0.25) is 13.9 Å². The first-order chi connectivity index (χ1) is 18.0. The Bertz CT molecular complexity index is 1340. The van der Waals surface area contributed by atoms with Crippen molar-refractivity contribution in [3.05, 3.63) is 90.0 Å². The standard InChI is InChI=1S/C29H35N3O5S/c1-21(2)30-29(34)23(4)31(19-24-17-15-22(3)16-18-24)28(33)20-32(26-13-9-10-14-27(26)37-5)38(35,36)25-11-7-6-8-12-25/h6-18,21,23H,19-20H2,1-5H3,(H,30,34)/t23-/m1/s1. The third-order valence-corrected chi connectivity index (χ3v) is 7.81. The zero-order chi connectivity index (χ0) is 27.9. The molecule has 0 saturated carbocycles. The lowest BCUT2D eigenvalue weighted by molar-refractivity contribution is -0.139. The number of hydrogen-bond donors (Lipinski definition) is 1. The van der Waals surface area contributed by atoms with Crippen LogP contribution in [0, 0.1) is 6.92 Å². The summed E-state index contributed by atoms with van der Waals surface area (Å²) in [5.41, 5.74) is 2.11. The van der Waals surface area contributed by atoms with E-state index in [1.54, 1.807) is 49.4 Å². The molecule has 0 aliphatic carbocycles. The van der Waals surface area contributed by atoms with Crippen LogP contribution in [0.4, 0.5) is 5.69 Å². The van der Waals surface area contributed by atoms with Crippen molar-refractivity contribution in [2.75, 3.05) is 18.0 Å². The molecule has 0 aliphatic rings. The van der Waals surface area contributed by atoms with Gasteiger partial charge in [0.1, 0.15) is 18.3 Å². The monoisotopic (exact) mass is 537 g/mol. The van der Waals surface area contributed by atoms with E-state index >= 15 is 0 Å². The van der Waals surface area contributed by atoms with E-state index in [1.165, 1.54) is 24.1 Å². The van der Waals surface area contributed by atoms with Gasteiger partial charge in [0.15, 0.2) is 0 Å². The summed E-state index contributed by atoms with van der Waals surface area (Å²) in [6, 6.07) is 21.2. The van der Waals surface area contributed by atoms with Gasteiger partial charge in [0.25, 0.3) is 10.0 Å². The van der Waals surface area contributed by atoms with Gasteiger partial charge < -0.3 is 15.0 Å². The lowest BCUT2D eigenvalue weighted by atomic mass is 10.1. The first kappa shape index (κ1) is 28.7. The fourth-order valence-corrected chi connectivity index (χ4v) is 5.39. The predicted molar refractivity (Wildman–Crippen MR) is 148 cm³/mol. The molecule has 0 fully saturated rings. The number of hydrogen-bond acceptors (Lipinski definition) is 5. The molecule has 0 radical (unpaired) electrons. The van der Waals surface area contributed by atoms with Crippen LogP contribution in [-0.2, 0) is 26.2 Å². The van der Waals surface area contributed by atoms with E-state index in [1.807, 2.05) is 45.0 Å². The number of nitrogens with zero attached hydrogens (tertiary/aromatic N) is 2. The second-order valence-corrected chi connectivity index (χ2v) is 11.2. The fraction of sp³-hybridized carbons (Fsp3) is 0.310. The number of carbonyl (C=O) groups excluding carboxylic acids is 2. The van der Waals surface area contributed by atoms with Gasteiger partial charge in [-0.2, -0.15) is 0 Å². The molecule has 8 nitrogen and oxygen atoms in total. The molecule has 3 rings (SSSR count). The minimum Gasteiger partial charge on any atom is -0.495 e. The Morgan fingerprint density at radius 2 is 1.50 bits per heavy atom. The van der Waals surface area contributed by atoms with Crippen molar-refractivity contribution >= 4 is 27.5 Å². The molecule has 3 aromatic rings. The second-order valence-electron chi connectivity index (χ2n) is 9.34. The number of anilines is 1. The third-order valence-electron chi connectivity index (χ3n) is 6.04. The Morgan fingerprint density at radius 3 is 2.11 bits per heavy atom. The lowest BCUT2D eigenvalue weighted by Gasteiger charge is -2.32. The summed E-state index contributed by atoms with van der Waals surface area (Å²) in [5.74, 6) is -0.548. The maximum Gasteiger partial charge on any atom is 0.264 e. The number of nitrogens with one attached hydrogen (secondary N) is 1. The first-order valence-electron chi connectivity index (χ1n) is 12.4. The van der Waals surface area contributed by atoms with E-state index in [-0.39, 0.29) is 29.1 Å². The number of carbonyl (C=O) groups is 2. The van der Waals surface area contributed by atoms with E-state index in [2.05, 4.69) is 5.32 Å². The summed E-state index contributed by atoms with van der Waals surface area (Å²) in [6.07, 6.45) is 0. The number of methoxy groups -OCH3 is 1. The average molecular weight is 538 g/mol. The van der Waals surface area contributed by atoms with Crippen LogP contribution in [0.3, 0.4) is 0 Å². The Kier molecular flexibility index (Phi) is 9.52. The van der Waals surface area contributed by atoms with Crippen molar-refractivity contribution in [2.45, 2.75) is 51.2 Å². The first-order valence-corrected chi connectivity index (χ1v) is 13.8. The van der Waals surface area contributed by atoms with Crippen LogP contribution in [0.15, 0.2) is 83.8 Å². The van der Waals surface area contributed by atoms with E-state index in [0.717, 1.165) is 15.4 Å². The van der Waals surface area contributed by atoms with Crippen molar-refractivity contribution in [1.82, 2.24) is 10.2 Å². The third kappa shape index (κ3) is 6.92. The van der Waals surface area contributed by atoms with Gasteiger partial charge in [0.2, 0.25) is 11.8 Å². The molecule has 38 heavy (non-hydrogen) atoms. The number of sulfonamides is 1. The summed E-state index contributed by atoms with van der Waals surface area (Å²) in [4.78, 5) is 28.3. The van der Waals surface area contributed by atoms with Crippen molar-refractivity contribution in [3.8, 4) is 5.75 Å². The highest BCUT2D eigenvalue weighted by Gasteiger charge is 2.33. The van der Waals surface area contributed by atoms with E-state index < -0.39 is 28.5 Å². The predicted octanol–water partition coefficient (Wildman–Crippen LogP) is 4.14. The van der Waals surface area contributed by atoms with Gasteiger partial charge in [0, 0.05) is 12.6 Å². The van der Waals surface area contributed by atoms with Gasteiger partial charge in [-0.15, -0.1) is 0 Å². The van der Waals surface area contributed by atoms with Crippen LogP contribution in [0.5, 0.6) is 5.75 Å². The number of amides is 2. The summed E-state index contributed by atoms with van der Waals surface area (Å²) >= 11 is 0. The van der Waals surface area contributed by atoms with Crippen molar-refractivity contribution in [2.24, 2.45) is 0 Å². The molecule has 2 amide bonds. The molecule has 1 atom stereocenters. The highest BCUT2D eigenvalue weighted by molar-refractivity contribution is 7.92. The molecule has 3 aromatic carbocycles. The molecular weight excluding hydrogens is 502 g/mol. The molecule has 0 saturated heterocycles. The van der Waals surface area contributed by atoms with E-state index in [4.69, 9.17) is 4.74 Å². The number of rotatable bonds is 11. The maximum atomic E-state index is 13.9. The maximum absolute atomic E-state index is 13.9. The minimum absolute atomic E-state index is 0.0365. The lowest BCUT2D eigenvalue weighted by Crippen LogP contribution is -2.52. The Morgan fingerprint density at radius 1 is 0.895 bits per heavy atom. The van der Waals surface area contributed by atoms with Crippen molar-refractivity contribution in [3.63, 3.8) is 0 Å². The normalized spacial score (nSPS) is 12.1. The Balaban J connectivity index is 2.05. The topological polar surface area (TPSA) is 96.0 Å². The van der Waals surface area contributed by atoms with E-state index in [0.29, 0.717) is 5.75 Å². The van der Waals surface area contributed by atoms with E-state index in [9.17, 15) is 18.0 Å². The van der Waals surface area contributed by atoms with Crippen LogP contribution in [0.1, 0.15) is 31.9 Å². The highest BCUT2D eigenvalue weighted by atomic mass is 32.2. The molecular formula is C29H35N3O5S. The molecule has 9 heteroatoms. The van der Waals surface area contributed by atoms with Gasteiger partial charge in [0.05, 0.1) is 17.7 Å². The second kappa shape index (κ2) is 12.6. The molecule has 0 aliphatic heterocycles. The quantitative estimate of drug-likeness (QED) is 0.397. The van der Waals surface area contributed by atoms with Gasteiger partial charge in [-0.25, -0.2) is 8.42 Å². The Labute approximate surface area is 225 Å². The van der Waals surface area contributed by atoms with Gasteiger partial charge in [-0.05, 0) is 57.5 Å². The van der Waals surface area contributed by atoms with Crippen molar-refractivity contribution in [1.29, 1.82) is 0 Å². The minimum atomic E-state index is -4.15. The van der Waals surface area contributed by atoms with Gasteiger partial charge >= 0.3 is 0 Å². The van der Waals surface area contributed by atoms with Crippen LogP contribution in [0.2, 0.25) is 0 Å². The summed E-state index contributed by atoms with van der Waals surface area (Å²) in [5, 5.41) is 2.85. The molecule has 0 bridgehead atoms. The zero-order valence-corrected chi connectivity index (χ0v) is 23.2. The average Bonchev–Trinajstić information content (AvgIpc) is 2.90. The zero-order valence-electron chi connectivity index (χ0n) is 22.4. The molecule has 0 unspecified atom stereocenters. The van der Waals surface area contributed by atoms with Gasteiger partial charge in [-0.1, -0.05) is 60.2 Å². The van der Waals surface area contributed by atoms with Crippen LogP contribution >= 0.6 is 0 Å². The number of aryl methyl sites for hydroxylation is 1. The largest absolute Gasteiger partial charge is 0.495 e. The summed E-state index contributed by atoms with van der Waals surface area (Å²) in [7, 11) is -2.71. The smallest absolute Gasteiger partial charge is 0.264 e. The van der Waals surface area contributed by atoms with Crippen LogP contribution in [-0.4, -0.2) is 50.9 Å². The highest BCUT2D eigenvalue weighted by Crippen LogP contribution is 2.32. The van der Waals surface area contributed by atoms with Crippen molar-refractivity contribution < 1.29 is 22.7 Å². The SMILES string of the molecule is COc1ccccc1N(CC(=O)N(Cc1ccc(C)cc1)[C@H](C)C(=O)NC(C)C)S(=O)(=O)c1ccccc1. The summed E-state index contributed by atoms with van der Waals surface area (Å²) in [6.45, 7) is 6.90. The van der Waals surface area contributed by atoms with Crippen LogP contribution in [0.25, 0.3) is 0 Å². The number of benzene rings is 3.